The van der Waals surface area contributed by atoms with Crippen molar-refractivity contribution >= 4 is 17.3 Å². The van der Waals surface area contributed by atoms with Gasteiger partial charge in [-0.05, 0) is 43.8 Å². The van der Waals surface area contributed by atoms with Crippen LogP contribution in [-0.2, 0) is 6.54 Å². The van der Waals surface area contributed by atoms with E-state index in [-0.39, 0.29) is 0 Å². The van der Waals surface area contributed by atoms with Crippen LogP contribution in [0.15, 0.2) is 18.2 Å². The maximum atomic E-state index is 5.34. The van der Waals surface area contributed by atoms with Gasteiger partial charge in [-0.1, -0.05) is 6.07 Å². The second-order valence-electron chi connectivity index (χ2n) is 4.02. The Labute approximate surface area is 113 Å². The molecule has 5 heteroatoms. The summed E-state index contributed by atoms with van der Waals surface area (Å²) in [5, 5.41) is 4.04. The van der Waals surface area contributed by atoms with E-state index < -0.39 is 0 Å². The van der Waals surface area contributed by atoms with Crippen molar-refractivity contribution in [3.05, 3.63) is 23.8 Å². The fourth-order valence-electron chi connectivity index (χ4n) is 1.85. The Hall–Kier alpha value is -1.49. The maximum absolute atomic E-state index is 5.34. The first-order chi connectivity index (χ1) is 8.74. The van der Waals surface area contributed by atoms with Gasteiger partial charge in [-0.3, -0.25) is 0 Å². The van der Waals surface area contributed by atoms with E-state index in [0.717, 1.165) is 35.3 Å². The zero-order valence-electron chi connectivity index (χ0n) is 10.7. The highest BCUT2D eigenvalue weighted by atomic mass is 32.1. The third kappa shape index (κ3) is 2.85. The van der Waals surface area contributed by atoms with E-state index in [1.807, 2.05) is 18.2 Å². The molecule has 0 saturated carbocycles. The van der Waals surface area contributed by atoms with Crippen molar-refractivity contribution < 1.29 is 9.47 Å². The lowest BCUT2D eigenvalue weighted by Gasteiger charge is -2.22. The number of ether oxygens (including phenoxy) is 2. The predicted molar refractivity (Wildman–Crippen MR) is 74.9 cm³/mol. The summed E-state index contributed by atoms with van der Waals surface area (Å²) in [4.78, 5) is 2.11. The van der Waals surface area contributed by atoms with Gasteiger partial charge < -0.3 is 19.7 Å². The van der Waals surface area contributed by atoms with Crippen LogP contribution in [0.5, 0.6) is 11.5 Å². The van der Waals surface area contributed by atoms with Gasteiger partial charge in [0.1, 0.15) is 0 Å². The largest absolute Gasteiger partial charge is 0.454 e. The molecule has 0 saturated heterocycles. The lowest BCUT2D eigenvalue weighted by atomic mass is 10.2. The Morgan fingerprint density at radius 1 is 1.28 bits per heavy atom. The number of benzene rings is 1. The minimum atomic E-state index is 0.310. The van der Waals surface area contributed by atoms with Gasteiger partial charge in [0, 0.05) is 19.6 Å². The molecule has 1 aromatic carbocycles. The summed E-state index contributed by atoms with van der Waals surface area (Å²) in [6.07, 6.45) is 0. The minimum absolute atomic E-state index is 0.310. The van der Waals surface area contributed by atoms with Crippen LogP contribution in [0.25, 0.3) is 0 Å². The first-order valence-corrected chi connectivity index (χ1v) is 6.56. The van der Waals surface area contributed by atoms with Crippen LogP contribution < -0.4 is 14.8 Å². The number of hydrogen-bond donors (Lipinski definition) is 1. The molecular formula is C13H18N2O2S. The SMILES string of the molecule is CCN(CC)C(=S)NCc1ccc2c(c1)OCO2. The quantitative estimate of drug-likeness (QED) is 0.844. The lowest BCUT2D eigenvalue weighted by Crippen LogP contribution is -2.39. The van der Waals surface area contributed by atoms with E-state index >= 15 is 0 Å². The standard InChI is InChI=1S/C13H18N2O2S/c1-3-15(4-2)13(18)14-8-10-5-6-11-12(7-10)17-9-16-11/h5-7H,3-4,8-9H2,1-2H3,(H,14,18). The highest BCUT2D eigenvalue weighted by Crippen LogP contribution is 2.32. The van der Waals surface area contributed by atoms with Crippen molar-refractivity contribution in [2.75, 3.05) is 19.9 Å². The van der Waals surface area contributed by atoms with Crippen LogP contribution in [0.1, 0.15) is 19.4 Å². The van der Waals surface area contributed by atoms with Gasteiger partial charge in [-0.2, -0.15) is 0 Å². The predicted octanol–water partition coefficient (Wildman–Crippen LogP) is 2.13. The first-order valence-electron chi connectivity index (χ1n) is 6.16. The topological polar surface area (TPSA) is 33.7 Å². The molecule has 1 heterocycles. The molecule has 0 spiro atoms. The van der Waals surface area contributed by atoms with Gasteiger partial charge in [-0.15, -0.1) is 0 Å². The second-order valence-corrected chi connectivity index (χ2v) is 4.41. The zero-order valence-corrected chi connectivity index (χ0v) is 11.5. The van der Waals surface area contributed by atoms with Crippen LogP contribution >= 0.6 is 12.2 Å². The molecule has 1 aromatic rings. The van der Waals surface area contributed by atoms with Gasteiger partial charge >= 0.3 is 0 Å². The second kappa shape index (κ2) is 5.91. The van der Waals surface area contributed by atoms with E-state index in [1.54, 1.807) is 0 Å². The van der Waals surface area contributed by atoms with Crippen LogP contribution in [0.4, 0.5) is 0 Å². The third-order valence-corrected chi connectivity index (χ3v) is 3.33. The van der Waals surface area contributed by atoms with Gasteiger partial charge in [0.05, 0.1) is 0 Å². The smallest absolute Gasteiger partial charge is 0.231 e. The normalized spacial score (nSPS) is 12.3. The van der Waals surface area contributed by atoms with E-state index in [9.17, 15) is 0 Å². The molecule has 2 rings (SSSR count). The Balaban J connectivity index is 1.92. The summed E-state index contributed by atoms with van der Waals surface area (Å²) in [5.74, 6) is 1.62. The van der Waals surface area contributed by atoms with Crippen molar-refractivity contribution in [3.63, 3.8) is 0 Å². The van der Waals surface area contributed by atoms with E-state index in [2.05, 4.69) is 24.1 Å². The molecule has 18 heavy (non-hydrogen) atoms. The number of nitrogens with zero attached hydrogens (tertiary/aromatic N) is 1. The van der Waals surface area contributed by atoms with Gasteiger partial charge in [0.2, 0.25) is 6.79 Å². The van der Waals surface area contributed by atoms with E-state index in [0.29, 0.717) is 13.3 Å². The molecule has 0 aromatic heterocycles. The summed E-state index contributed by atoms with van der Waals surface area (Å²) in [7, 11) is 0. The summed E-state index contributed by atoms with van der Waals surface area (Å²) < 4.78 is 10.6. The number of nitrogens with one attached hydrogen (secondary N) is 1. The Morgan fingerprint density at radius 2 is 2.00 bits per heavy atom. The van der Waals surface area contributed by atoms with Crippen molar-refractivity contribution in [2.45, 2.75) is 20.4 Å². The third-order valence-electron chi connectivity index (χ3n) is 2.93. The van der Waals surface area contributed by atoms with Gasteiger partial charge in [-0.25, -0.2) is 0 Å². The molecule has 1 N–H and O–H groups in total. The van der Waals surface area contributed by atoms with Crippen molar-refractivity contribution in [1.82, 2.24) is 10.2 Å². The Morgan fingerprint density at radius 3 is 2.72 bits per heavy atom. The zero-order chi connectivity index (χ0) is 13.0. The van der Waals surface area contributed by atoms with Crippen molar-refractivity contribution in [1.29, 1.82) is 0 Å². The van der Waals surface area contributed by atoms with Crippen molar-refractivity contribution in [2.24, 2.45) is 0 Å². The first kappa shape index (κ1) is 13.0. The Bertz CT molecular complexity index is 433. The minimum Gasteiger partial charge on any atom is -0.454 e. The fourth-order valence-corrected chi connectivity index (χ4v) is 2.18. The molecule has 98 valence electrons. The number of thiocarbonyl (C=S) groups is 1. The number of hydrogen-bond acceptors (Lipinski definition) is 3. The molecule has 4 nitrogen and oxygen atoms in total. The number of rotatable bonds is 4. The van der Waals surface area contributed by atoms with Crippen LogP contribution in [0, 0.1) is 0 Å². The molecule has 1 aliphatic heterocycles. The lowest BCUT2D eigenvalue weighted by molar-refractivity contribution is 0.174. The molecule has 1 aliphatic rings. The summed E-state index contributed by atoms with van der Waals surface area (Å²) in [5.41, 5.74) is 1.13. The van der Waals surface area contributed by atoms with Crippen molar-refractivity contribution in [3.8, 4) is 11.5 Å². The highest BCUT2D eigenvalue weighted by Gasteiger charge is 2.13. The summed E-state index contributed by atoms with van der Waals surface area (Å²) >= 11 is 5.33. The van der Waals surface area contributed by atoms with E-state index in [4.69, 9.17) is 21.7 Å². The number of fused-ring (bicyclic) bond motifs is 1. The molecule has 0 atom stereocenters. The van der Waals surface area contributed by atoms with Crippen LogP contribution in [0.3, 0.4) is 0 Å². The molecular weight excluding hydrogens is 248 g/mol. The van der Waals surface area contributed by atoms with Gasteiger partial charge in [0.15, 0.2) is 16.6 Å². The Kier molecular flexibility index (Phi) is 4.25. The molecule has 0 fully saturated rings. The van der Waals surface area contributed by atoms with Crippen LogP contribution in [-0.4, -0.2) is 29.9 Å². The van der Waals surface area contributed by atoms with Gasteiger partial charge in [0.25, 0.3) is 0 Å². The average molecular weight is 266 g/mol. The molecule has 0 radical (unpaired) electrons. The summed E-state index contributed by atoms with van der Waals surface area (Å²) in [6.45, 7) is 7.04. The van der Waals surface area contributed by atoms with Crippen LogP contribution in [0.2, 0.25) is 0 Å². The average Bonchev–Trinajstić information content (AvgIpc) is 2.85. The molecule has 0 bridgehead atoms. The van der Waals surface area contributed by atoms with E-state index in [1.165, 1.54) is 0 Å². The molecule has 0 aliphatic carbocycles. The molecule has 0 amide bonds. The maximum Gasteiger partial charge on any atom is 0.231 e. The highest BCUT2D eigenvalue weighted by molar-refractivity contribution is 7.80. The summed E-state index contributed by atoms with van der Waals surface area (Å²) in [6, 6.07) is 5.94. The fraction of sp³-hybridized carbons (Fsp3) is 0.462. The monoisotopic (exact) mass is 266 g/mol. The molecule has 0 unspecified atom stereocenters.